The lowest BCUT2D eigenvalue weighted by molar-refractivity contribution is -0.112. The van der Waals surface area contributed by atoms with Gasteiger partial charge in [-0.1, -0.05) is 0 Å². The largest absolute Gasteiger partial charge is 0.497 e. The van der Waals surface area contributed by atoms with Gasteiger partial charge in [-0.05, 0) is 80.1 Å². The third kappa shape index (κ3) is 4.65. The van der Waals surface area contributed by atoms with E-state index in [0.717, 1.165) is 22.6 Å². The van der Waals surface area contributed by atoms with Crippen molar-refractivity contribution in [3.63, 3.8) is 0 Å². The second-order valence-electron chi connectivity index (χ2n) is 6.87. The number of amides is 1. The highest BCUT2D eigenvalue weighted by molar-refractivity contribution is 6.09. The normalized spacial score (nSPS) is 11.0. The van der Waals surface area contributed by atoms with Crippen molar-refractivity contribution >= 4 is 23.6 Å². The molecule has 3 rings (SSSR count). The van der Waals surface area contributed by atoms with Gasteiger partial charge >= 0.3 is 5.97 Å². The molecular weight excluding hydrogens is 394 g/mol. The molecule has 7 heteroatoms. The van der Waals surface area contributed by atoms with E-state index in [-0.39, 0.29) is 11.1 Å². The summed E-state index contributed by atoms with van der Waals surface area (Å²) in [5, 5.41) is 21.3. The first-order valence-electron chi connectivity index (χ1n) is 9.44. The zero-order chi connectivity index (χ0) is 22.5. The van der Waals surface area contributed by atoms with E-state index in [4.69, 9.17) is 9.84 Å². The van der Waals surface area contributed by atoms with E-state index >= 15 is 0 Å². The van der Waals surface area contributed by atoms with Crippen LogP contribution in [0.5, 0.6) is 5.75 Å². The monoisotopic (exact) mass is 415 g/mol. The molecule has 1 heterocycles. The van der Waals surface area contributed by atoms with Crippen LogP contribution in [0.4, 0.5) is 5.69 Å². The van der Waals surface area contributed by atoms with Crippen LogP contribution < -0.4 is 10.1 Å². The summed E-state index contributed by atoms with van der Waals surface area (Å²) in [5.74, 6) is -0.834. The van der Waals surface area contributed by atoms with Gasteiger partial charge in [-0.25, -0.2) is 4.79 Å². The van der Waals surface area contributed by atoms with Gasteiger partial charge in [-0.3, -0.25) is 4.79 Å². The van der Waals surface area contributed by atoms with Crippen LogP contribution in [0.2, 0.25) is 0 Å². The summed E-state index contributed by atoms with van der Waals surface area (Å²) in [4.78, 5) is 23.7. The van der Waals surface area contributed by atoms with Crippen molar-refractivity contribution in [3.8, 4) is 17.5 Å². The Balaban J connectivity index is 1.88. The molecule has 0 bridgehead atoms. The molecule has 0 spiro atoms. The number of hydrogen-bond donors (Lipinski definition) is 2. The third-order valence-corrected chi connectivity index (χ3v) is 4.86. The summed E-state index contributed by atoms with van der Waals surface area (Å²) in [6.45, 7) is 3.78. The Labute approximate surface area is 179 Å². The molecule has 0 fully saturated rings. The van der Waals surface area contributed by atoms with Gasteiger partial charge in [0, 0.05) is 22.8 Å². The van der Waals surface area contributed by atoms with Crippen LogP contribution in [-0.4, -0.2) is 28.7 Å². The number of rotatable bonds is 6. The van der Waals surface area contributed by atoms with E-state index in [1.807, 2.05) is 30.6 Å². The third-order valence-electron chi connectivity index (χ3n) is 4.86. The number of carboxylic acids is 1. The Morgan fingerprint density at radius 3 is 2.29 bits per heavy atom. The Kier molecular flexibility index (Phi) is 6.22. The van der Waals surface area contributed by atoms with E-state index < -0.39 is 11.9 Å². The summed E-state index contributed by atoms with van der Waals surface area (Å²) >= 11 is 0. The number of nitriles is 1. The highest BCUT2D eigenvalue weighted by Gasteiger charge is 2.14. The fourth-order valence-corrected chi connectivity index (χ4v) is 3.26. The van der Waals surface area contributed by atoms with Gasteiger partial charge in [0.05, 0.1) is 12.7 Å². The summed E-state index contributed by atoms with van der Waals surface area (Å²) in [6.07, 6.45) is 1.54. The van der Waals surface area contributed by atoms with Gasteiger partial charge in [0.1, 0.15) is 17.4 Å². The van der Waals surface area contributed by atoms with E-state index in [0.29, 0.717) is 11.4 Å². The van der Waals surface area contributed by atoms with E-state index in [1.54, 1.807) is 49.6 Å². The second kappa shape index (κ2) is 9.01. The lowest BCUT2D eigenvalue weighted by Crippen LogP contribution is -2.13. The molecular formula is C24H21N3O4. The lowest BCUT2D eigenvalue weighted by Gasteiger charge is -2.10. The van der Waals surface area contributed by atoms with E-state index in [2.05, 4.69) is 5.32 Å². The topological polar surface area (TPSA) is 104 Å². The zero-order valence-corrected chi connectivity index (χ0v) is 17.3. The minimum absolute atomic E-state index is 0.0303. The number of aryl methyl sites for hydroxylation is 1. The van der Waals surface area contributed by atoms with Crippen LogP contribution in [0, 0.1) is 25.2 Å². The molecule has 0 saturated carbocycles. The van der Waals surface area contributed by atoms with Gasteiger partial charge in [0.2, 0.25) is 0 Å². The fraction of sp³-hybridized carbons (Fsp3) is 0.125. The maximum Gasteiger partial charge on any atom is 0.335 e. The Morgan fingerprint density at radius 2 is 1.74 bits per heavy atom. The fourth-order valence-electron chi connectivity index (χ4n) is 3.26. The molecule has 7 nitrogen and oxygen atoms in total. The highest BCUT2D eigenvalue weighted by Crippen LogP contribution is 2.24. The number of methoxy groups -OCH3 is 1. The summed E-state index contributed by atoms with van der Waals surface area (Å²) < 4.78 is 7.03. The summed E-state index contributed by atoms with van der Waals surface area (Å²) in [7, 11) is 1.56. The minimum atomic E-state index is -0.988. The van der Waals surface area contributed by atoms with Crippen LogP contribution in [0.3, 0.4) is 0 Å². The number of carbonyl (C=O) groups is 2. The first-order chi connectivity index (χ1) is 14.8. The van der Waals surface area contributed by atoms with Crippen LogP contribution in [0.1, 0.15) is 27.3 Å². The van der Waals surface area contributed by atoms with E-state index in [9.17, 15) is 14.9 Å². The van der Waals surface area contributed by atoms with Gasteiger partial charge in [-0.15, -0.1) is 0 Å². The van der Waals surface area contributed by atoms with E-state index in [1.165, 1.54) is 12.1 Å². The van der Waals surface area contributed by atoms with Crippen molar-refractivity contribution in [3.05, 3.63) is 82.7 Å². The maximum atomic E-state index is 12.6. The molecule has 0 aliphatic rings. The molecule has 0 atom stereocenters. The number of aromatic nitrogens is 1. The quantitative estimate of drug-likeness (QED) is 0.460. The number of carboxylic acid groups (broad SMARTS) is 1. The van der Waals surface area contributed by atoms with Crippen molar-refractivity contribution in [1.29, 1.82) is 5.26 Å². The van der Waals surface area contributed by atoms with Crippen LogP contribution in [0.15, 0.2) is 60.2 Å². The molecule has 0 aliphatic heterocycles. The SMILES string of the molecule is COc1ccc(NC(=O)C(C#N)=Cc2cc(C)n(-c3ccc(C(=O)O)cc3)c2C)cc1. The number of anilines is 1. The van der Waals surface area contributed by atoms with Crippen LogP contribution >= 0.6 is 0 Å². The molecule has 0 unspecified atom stereocenters. The van der Waals surface area contributed by atoms with Crippen molar-refractivity contribution in [2.75, 3.05) is 12.4 Å². The number of nitrogens with one attached hydrogen (secondary N) is 1. The summed E-state index contributed by atoms with van der Waals surface area (Å²) in [5.41, 5.74) is 3.95. The van der Waals surface area contributed by atoms with Gasteiger partial charge in [0.25, 0.3) is 5.91 Å². The molecule has 2 N–H and O–H groups in total. The molecule has 0 saturated heterocycles. The molecule has 1 aromatic heterocycles. The van der Waals surface area contributed by atoms with Gasteiger partial charge in [-0.2, -0.15) is 5.26 Å². The predicted molar refractivity (Wildman–Crippen MR) is 117 cm³/mol. The van der Waals surface area contributed by atoms with Crippen molar-refractivity contribution in [1.82, 2.24) is 4.57 Å². The van der Waals surface area contributed by atoms with Crippen molar-refractivity contribution in [2.45, 2.75) is 13.8 Å². The molecule has 0 radical (unpaired) electrons. The standard InChI is InChI=1S/C24H21N3O4/c1-15-12-18(16(2)27(15)21-8-4-17(5-9-21)24(29)30)13-19(14-25)23(28)26-20-6-10-22(31-3)11-7-20/h4-13H,1-3H3,(H,26,28)(H,29,30). The zero-order valence-electron chi connectivity index (χ0n) is 17.3. The first-order valence-corrected chi connectivity index (χ1v) is 9.44. The molecule has 0 aliphatic carbocycles. The van der Waals surface area contributed by atoms with Crippen LogP contribution in [0.25, 0.3) is 11.8 Å². The van der Waals surface area contributed by atoms with Crippen molar-refractivity contribution < 1.29 is 19.4 Å². The Hall–Kier alpha value is -4.31. The molecule has 31 heavy (non-hydrogen) atoms. The molecule has 3 aromatic rings. The predicted octanol–water partition coefficient (Wildman–Crippen LogP) is 4.35. The maximum absolute atomic E-state index is 12.6. The number of aromatic carboxylic acids is 1. The summed E-state index contributed by atoms with van der Waals surface area (Å²) in [6, 6.07) is 17.2. The number of benzene rings is 2. The first kappa shape index (κ1) is 21.4. The number of nitrogens with zero attached hydrogens (tertiary/aromatic N) is 2. The average Bonchev–Trinajstić information content (AvgIpc) is 3.05. The number of ether oxygens (including phenoxy) is 1. The highest BCUT2D eigenvalue weighted by atomic mass is 16.5. The lowest BCUT2D eigenvalue weighted by atomic mass is 10.1. The smallest absolute Gasteiger partial charge is 0.335 e. The minimum Gasteiger partial charge on any atom is -0.497 e. The average molecular weight is 415 g/mol. The second-order valence-corrected chi connectivity index (χ2v) is 6.87. The number of hydrogen-bond acceptors (Lipinski definition) is 4. The molecule has 156 valence electrons. The molecule has 1 amide bonds. The molecule has 2 aromatic carbocycles. The van der Waals surface area contributed by atoms with Crippen LogP contribution in [-0.2, 0) is 4.79 Å². The van der Waals surface area contributed by atoms with Gasteiger partial charge in [0.15, 0.2) is 0 Å². The Bertz CT molecular complexity index is 1200. The number of carbonyl (C=O) groups excluding carboxylic acids is 1. The van der Waals surface area contributed by atoms with Gasteiger partial charge < -0.3 is 19.7 Å². The Morgan fingerprint density at radius 1 is 1.10 bits per heavy atom. The van der Waals surface area contributed by atoms with Crippen molar-refractivity contribution in [2.24, 2.45) is 0 Å².